The minimum Gasteiger partial charge on any atom is -0.470 e. The molecule has 0 spiro atoms. The van der Waals surface area contributed by atoms with Gasteiger partial charge in [-0.25, -0.2) is 23.1 Å². The molecule has 0 aliphatic rings. The number of anilines is 1. The third-order valence-corrected chi connectivity index (χ3v) is 6.24. The van der Waals surface area contributed by atoms with Gasteiger partial charge in [0, 0.05) is 0 Å². The second kappa shape index (κ2) is 8.86. The predicted molar refractivity (Wildman–Crippen MR) is 120 cm³/mol. The predicted octanol–water partition coefficient (Wildman–Crippen LogP) is 4.11. The van der Waals surface area contributed by atoms with Gasteiger partial charge in [-0.3, -0.25) is 4.72 Å². The zero-order valence-electron chi connectivity index (χ0n) is 16.4. The molecule has 2 aromatic carbocycles. The molecule has 0 saturated heterocycles. The first kappa shape index (κ1) is 21.0. The highest BCUT2D eigenvalue weighted by Crippen LogP contribution is 2.27. The van der Waals surface area contributed by atoms with Gasteiger partial charge in [-0.05, 0) is 40.5 Å². The maximum Gasteiger partial charge on any atom is 0.266 e. The van der Waals surface area contributed by atoms with Crippen molar-refractivity contribution >= 4 is 31.8 Å². The lowest BCUT2D eigenvalue weighted by molar-refractivity contribution is 0.294. The fourth-order valence-electron chi connectivity index (χ4n) is 2.92. The SMILES string of the molecule is Cc1c(S(=O)(=O)Nc2ncc(Br)nc2OCc2ccccc2)cnn1-c1ccccc1. The average molecular weight is 500 g/mol. The monoisotopic (exact) mass is 499 g/mol. The van der Waals surface area contributed by atoms with Crippen molar-refractivity contribution in [2.45, 2.75) is 18.4 Å². The van der Waals surface area contributed by atoms with Gasteiger partial charge >= 0.3 is 0 Å². The largest absolute Gasteiger partial charge is 0.470 e. The Morgan fingerprint density at radius 2 is 1.71 bits per heavy atom. The fourth-order valence-corrected chi connectivity index (χ4v) is 4.35. The van der Waals surface area contributed by atoms with E-state index in [1.54, 1.807) is 11.6 Å². The number of hydrogen-bond acceptors (Lipinski definition) is 6. The van der Waals surface area contributed by atoms with Gasteiger partial charge in [0.25, 0.3) is 15.9 Å². The van der Waals surface area contributed by atoms with E-state index in [2.05, 4.69) is 35.7 Å². The third-order valence-electron chi connectivity index (χ3n) is 4.42. The summed E-state index contributed by atoms with van der Waals surface area (Å²) in [7, 11) is -3.98. The summed E-state index contributed by atoms with van der Waals surface area (Å²) >= 11 is 3.24. The molecule has 8 nitrogen and oxygen atoms in total. The van der Waals surface area contributed by atoms with Gasteiger partial charge in [-0.1, -0.05) is 48.5 Å². The van der Waals surface area contributed by atoms with Crippen LogP contribution in [0.25, 0.3) is 5.69 Å². The lowest BCUT2D eigenvalue weighted by Crippen LogP contribution is -2.16. The number of hydrogen-bond donors (Lipinski definition) is 1. The number of aromatic nitrogens is 4. The highest BCUT2D eigenvalue weighted by molar-refractivity contribution is 9.10. The van der Waals surface area contributed by atoms with E-state index in [9.17, 15) is 8.42 Å². The van der Waals surface area contributed by atoms with E-state index >= 15 is 0 Å². The smallest absolute Gasteiger partial charge is 0.266 e. The summed E-state index contributed by atoms with van der Waals surface area (Å²) in [5.41, 5.74) is 2.14. The van der Waals surface area contributed by atoms with E-state index in [4.69, 9.17) is 4.74 Å². The van der Waals surface area contributed by atoms with Crippen LogP contribution in [-0.2, 0) is 16.6 Å². The van der Waals surface area contributed by atoms with Crippen LogP contribution in [0.1, 0.15) is 11.3 Å². The summed E-state index contributed by atoms with van der Waals surface area (Å²) in [6.07, 6.45) is 2.70. The van der Waals surface area contributed by atoms with Crippen LogP contribution in [0.15, 0.2) is 82.6 Å². The minimum atomic E-state index is -3.98. The van der Waals surface area contributed by atoms with Gasteiger partial charge in [0.1, 0.15) is 16.1 Å². The van der Waals surface area contributed by atoms with E-state index in [0.717, 1.165) is 11.3 Å². The van der Waals surface area contributed by atoms with Gasteiger partial charge in [0.15, 0.2) is 0 Å². The summed E-state index contributed by atoms with van der Waals surface area (Å²) in [6.45, 7) is 1.90. The van der Waals surface area contributed by atoms with Crippen molar-refractivity contribution in [1.82, 2.24) is 19.7 Å². The minimum absolute atomic E-state index is 0.00834. The number of para-hydroxylation sites is 1. The molecule has 0 saturated carbocycles. The number of ether oxygens (including phenoxy) is 1. The fraction of sp³-hybridized carbons (Fsp3) is 0.0952. The molecule has 0 amide bonds. The lowest BCUT2D eigenvalue weighted by Gasteiger charge is -2.12. The molecule has 2 heterocycles. The second-order valence-corrected chi connectivity index (χ2v) is 9.03. The Kier molecular flexibility index (Phi) is 6.01. The van der Waals surface area contributed by atoms with Crippen molar-refractivity contribution in [2.24, 2.45) is 0 Å². The van der Waals surface area contributed by atoms with Gasteiger partial charge in [0.05, 0.1) is 23.8 Å². The molecule has 0 atom stereocenters. The number of halogens is 1. The van der Waals surface area contributed by atoms with Crippen LogP contribution in [-0.4, -0.2) is 28.2 Å². The molecule has 1 N–H and O–H groups in total. The van der Waals surface area contributed by atoms with Crippen molar-refractivity contribution in [1.29, 1.82) is 0 Å². The number of sulfonamides is 1. The highest BCUT2D eigenvalue weighted by Gasteiger charge is 2.24. The Hall–Kier alpha value is -3.24. The molecule has 0 radical (unpaired) electrons. The van der Waals surface area contributed by atoms with Gasteiger partial charge in [-0.2, -0.15) is 5.10 Å². The quantitative estimate of drug-likeness (QED) is 0.410. The van der Waals surface area contributed by atoms with Crippen LogP contribution in [0.4, 0.5) is 5.82 Å². The number of rotatable bonds is 7. The molecular formula is C21H18BrN5O3S. The topological polar surface area (TPSA) is 99.0 Å². The zero-order valence-corrected chi connectivity index (χ0v) is 18.8. The summed E-state index contributed by atoms with van der Waals surface area (Å²) in [5.74, 6) is 0.0564. The Balaban J connectivity index is 1.61. The zero-order chi connectivity index (χ0) is 21.8. The van der Waals surface area contributed by atoms with Gasteiger partial charge < -0.3 is 4.74 Å². The van der Waals surface area contributed by atoms with E-state index in [-0.39, 0.29) is 23.2 Å². The van der Waals surface area contributed by atoms with Gasteiger partial charge in [-0.15, -0.1) is 0 Å². The summed E-state index contributed by atoms with van der Waals surface area (Å²) in [5, 5.41) is 4.23. The van der Waals surface area contributed by atoms with Crippen molar-refractivity contribution in [3.8, 4) is 11.6 Å². The van der Waals surface area contributed by atoms with Crippen LogP contribution < -0.4 is 9.46 Å². The lowest BCUT2D eigenvalue weighted by atomic mass is 10.2. The van der Waals surface area contributed by atoms with E-state index in [1.807, 2.05) is 60.7 Å². The molecule has 0 bridgehead atoms. The van der Waals surface area contributed by atoms with Crippen molar-refractivity contribution in [3.63, 3.8) is 0 Å². The van der Waals surface area contributed by atoms with Crippen LogP contribution in [0.2, 0.25) is 0 Å². The molecule has 4 aromatic rings. The standard InChI is InChI=1S/C21H18BrN5O3S/c1-15-18(12-24-27(15)17-10-6-3-7-11-17)31(28,29)26-20-21(25-19(22)13-23-20)30-14-16-8-4-2-5-9-16/h2-13H,14H2,1H3,(H,23,26). The molecule has 0 unspecified atom stereocenters. The molecule has 0 fully saturated rings. The molecule has 4 rings (SSSR count). The van der Waals surface area contributed by atoms with Crippen LogP contribution in [0.5, 0.6) is 5.88 Å². The molecular weight excluding hydrogens is 482 g/mol. The Morgan fingerprint density at radius 3 is 2.42 bits per heavy atom. The Labute approximate surface area is 188 Å². The third kappa shape index (κ3) is 4.75. The molecule has 31 heavy (non-hydrogen) atoms. The number of nitrogens with zero attached hydrogens (tertiary/aromatic N) is 4. The Morgan fingerprint density at radius 1 is 1.03 bits per heavy atom. The maximum absolute atomic E-state index is 13.1. The molecule has 2 aromatic heterocycles. The second-order valence-electron chi connectivity index (χ2n) is 6.57. The Bertz CT molecular complexity index is 1300. The summed E-state index contributed by atoms with van der Waals surface area (Å²) < 4.78 is 36.4. The van der Waals surface area contributed by atoms with Crippen molar-refractivity contribution in [3.05, 3.63) is 88.9 Å². The first-order valence-corrected chi connectivity index (χ1v) is 11.5. The van der Waals surface area contributed by atoms with Crippen molar-refractivity contribution in [2.75, 3.05) is 4.72 Å². The first-order valence-electron chi connectivity index (χ1n) is 9.26. The normalized spacial score (nSPS) is 11.3. The number of benzene rings is 2. The van der Waals surface area contributed by atoms with E-state index < -0.39 is 10.0 Å². The number of nitrogens with one attached hydrogen (secondary N) is 1. The maximum atomic E-state index is 13.1. The molecule has 158 valence electrons. The van der Waals surface area contributed by atoms with Crippen LogP contribution >= 0.6 is 15.9 Å². The first-order chi connectivity index (χ1) is 14.9. The van der Waals surface area contributed by atoms with Crippen LogP contribution in [0.3, 0.4) is 0 Å². The van der Waals surface area contributed by atoms with Crippen LogP contribution in [0, 0.1) is 6.92 Å². The molecule has 0 aliphatic heterocycles. The summed E-state index contributed by atoms with van der Waals surface area (Å²) in [4.78, 5) is 8.41. The summed E-state index contributed by atoms with van der Waals surface area (Å²) in [6, 6.07) is 18.8. The van der Waals surface area contributed by atoms with Crippen molar-refractivity contribution < 1.29 is 13.2 Å². The molecule has 0 aliphatic carbocycles. The average Bonchev–Trinajstić information content (AvgIpc) is 3.17. The molecule has 10 heteroatoms. The highest BCUT2D eigenvalue weighted by atomic mass is 79.9. The van der Waals surface area contributed by atoms with E-state index in [0.29, 0.717) is 10.3 Å². The van der Waals surface area contributed by atoms with Gasteiger partial charge in [0.2, 0.25) is 5.82 Å². The van der Waals surface area contributed by atoms with E-state index in [1.165, 1.54) is 12.4 Å².